The summed E-state index contributed by atoms with van der Waals surface area (Å²) in [5, 5.41) is 9.28. The Morgan fingerprint density at radius 3 is 2.90 bits per heavy atom. The van der Waals surface area contributed by atoms with Crippen LogP contribution >= 0.6 is 0 Å². The van der Waals surface area contributed by atoms with Crippen molar-refractivity contribution in [3.63, 3.8) is 0 Å². The molecule has 1 saturated heterocycles. The lowest BCUT2D eigenvalue weighted by molar-refractivity contribution is -0.147. The Morgan fingerprint density at radius 1 is 1.40 bits per heavy atom. The number of fused-ring (bicyclic) bond motifs is 1. The van der Waals surface area contributed by atoms with E-state index >= 15 is 0 Å². The second-order valence-corrected chi connectivity index (χ2v) is 6.46. The van der Waals surface area contributed by atoms with Gasteiger partial charge in [-0.15, -0.1) is 0 Å². The maximum atomic E-state index is 11.3. The smallest absolute Gasteiger partial charge is 0.310 e. The molecule has 108 valence electrons. The Balaban J connectivity index is 1.69. The normalized spacial score (nSPS) is 26.0. The predicted molar refractivity (Wildman–Crippen MR) is 79.1 cm³/mol. The van der Waals surface area contributed by atoms with E-state index in [9.17, 15) is 9.90 Å². The number of carboxylic acid groups (broad SMARTS) is 1. The lowest BCUT2D eigenvalue weighted by Crippen LogP contribution is -2.31. The molecule has 2 aliphatic heterocycles. The van der Waals surface area contributed by atoms with Gasteiger partial charge in [0.2, 0.25) is 0 Å². The number of nitrogens with zero attached hydrogens (tertiary/aromatic N) is 2. The number of likely N-dealkylation sites (tertiary alicyclic amines) is 1. The third-order valence-corrected chi connectivity index (χ3v) is 4.75. The zero-order chi connectivity index (χ0) is 14.3. The number of hydrogen-bond acceptors (Lipinski definition) is 3. The Bertz CT molecular complexity index is 543. The van der Waals surface area contributed by atoms with Gasteiger partial charge in [0.25, 0.3) is 0 Å². The molecule has 0 saturated carbocycles. The van der Waals surface area contributed by atoms with Crippen LogP contribution in [0.5, 0.6) is 0 Å². The van der Waals surface area contributed by atoms with Crippen LogP contribution in [0.3, 0.4) is 0 Å². The van der Waals surface area contributed by atoms with Crippen LogP contribution in [0.4, 0.5) is 5.69 Å². The predicted octanol–water partition coefficient (Wildman–Crippen LogP) is 1.98. The highest BCUT2D eigenvalue weighted by Crippen LogP contribution is 2.32. The summed E-state index contributed by atoms with van der Waals surface area (Å²) in [5.74, 6) is -0.671. The van der Waals surface area contributed by atoms with Crippen LogP contribution in [-0.4, -0.2) is 42.7 Å². The molecule has 1 fully saturated rings. The fourth-order valence-corrected chi connectivity index (χ4v) is 3.34. The van der Waals surface area contributed by atoms with Crippen molar-refractivity contribution >= 4 is 11.7 Å². The van der Waals surface area contributed by atoms with Gasteiger partial charge in [0.15, 0.2) is 0 Å². The van der Waals surface area contributed by atoms with Gasteiger partial charge in [-0.3, -0.25) is 9.69 Å². The van der Waals surface area contributed by atoms with E-state index < -0.39 is 11.4 Å². The molecule has 1 unspecified atom stereocenters. The number of rotatable bonds is 3. The average Bonchev–Trinajstić information content (AvgIpc) is 2.95. The summed E-state index contributed by atoms with van der Waals surface area (Å²) >= 11 is 0. The molecular weight excluding hydrogens is 252 g/mol. The van der Waals surface area contributed by atoms with Crippen LogP contribution < -0.4 is 4.90 Å². The van der Waals surface area contributed by atoms with Gasteiger partial charge in [-0.1, -0.05) is 12.1 Å². The quantitative estimate of drug-likeness (QED) is 0.915. The summed E-state index contributed by atoms with van der Waals surface area (Å²) in [7, 11) is 2.13. The summed E-state index contributed by atoms with van der Waals surface area (Å²) in [5.41, 5.74) is 3.49. The zero-order valence-corrected chi connectivity index (χ0v) is 12.2. The van der Waals surface area contributed by atoms with Gasteiger partial charge >= 0.3 is 5.97 Å². The van der Waals surface area contributed by atoms with Gasteiger partial charge in [0.1, 0.15) is 0 Å². The lowest BCUT2D eigenvalue weighted by atomic mass is 9.90. The molecule has 2 aliphatic rings. The van der Waals surface area contributed by atoms with Crippen molar-refractivity contribution in [3.8, 4) is 0 Å². The number of carbonyl (C=O) groups is 1. The minimum atomic E-state index is -0.671. The van der Waals surface area contributed by atoms with E-state index in [1.807, 2.05) is 6.92 Å². The Labute approximate surface area is 120 Å². The second-order valence-electron chi connectivity index (χ2n) is 6.46. The number of benzene rings is 1. The molecular formula is C16H22N2O2. The lowest BCUT2D eigenvalue weighted by Gasteiger charge is -2.20. The van der Waals surface area contributed by atoms with E-state index in [2.05, 4.69) is 35.0 Å². The number of anilines is 1. The molecule has 3 rings (SSSR count). The van der Waals surface area contributed by atoms with E-state index in [0.29, 0.717) is 6.54 Å². The Kier molecular flexibility index (Phi) is 3.21. The highest BCUT2D eigenvalue weighted by atomic mass is 16.4. The van der Waals surface area contributed by atoms with Crippen molar-refractivity contribution in [1.82, 2.24) is 4.90 Å². The van der Waals surface area contributed by atoms with E-state index in [1.54, 1.807) is 0 Å². The van der Waals surface area contributed by atoms with E-state index in [4.69, 9.17) is 0 Å². The molecule has 4 nitrogen and oxygen atoms in total. The molecule has 2 heterocycles. The first-order valence-corrected chi connectivity index (χ1v) is 7.27. The van der Waals surface area contributed by atoms with Crippen LogP contribution in [-0.2, 0) is 17.8 Å². The number of aliphatic carboxylic acids is 1. The summed E-state index contributed by atoms with van der Waals surface area (Å²) in [6.45, 7) is 5.34. The number of likely N-dealkylation sites (N-methyl/N-ethyl adjacent to an activating group) is 1. The van der Waals surface area contributed by atoms with Crippen molar-refractivity contribution < 1.29 is 9.90 Å². The first kappa shape index (κ1) is 13.4. The van der Waals surface area contributed by atoms with Crippen LogP contribution in [0.2, 0.25) is 0 Å². The Morgan fingerprint density at radius 2 is 2.20 bits per heavy atom. The largest absolute Gasteiger partial charge is 0.481 e. The molecule has 0 aromatic heterocycles. The van der Waals surface area contributed by atoms with Crippen molar-refractivity contribution in [3.05, 3.63) is 29.3 Å². The minimum absolute atomic E-state index is 0.572. The van der Waals surface area contributed by atoms with Crippen LogP contribution in [0, 0.1) is 5.41 Å². The molecule has 1 atom stereocenters. The third-order valence-electron chi connectivity index (χ3n) is 4.75. The van der Waals surface area contributed by atoms with Crippen molar-refractivity contribution in [1.29, 1.82) is 0 Å². The minimum Gasteiger partial charge on any atom is -0.481 e. The summed E-state index contributed by atoms with van der Waals surface area (Å²) < 4.78 is 0. The second kappa shape index (κ2) is 4.77. The zero-order valence-electron chi connectivity index (χ0n) is 12.2. The fourth-order valence-electron chi connectivity index (χ4n) is 3.34. The maximum Gasteiger partial charge on any atom is 0.310 e. The highest BCUT2D eigenvalue weighted by molar-refractivity contribution is 5.74. The summed E-state index contributed by atoms with van der Waals surface area (Å²) in [6.07, 6.45) is 1.86. The molecule has 0 radical (unpaired) electrons. The third kappa shape index (κ3) is 2.29. The monoisotopic (exact) mass is 274 g/mol. The van der Waals surface area contributed by atoms with Gasteiger partial charge in [-0.05, 0) is 43.5 Å². The highest BCUT2D eigenvalue weighted by Gasteiger charge is 2.40. The first-order chi connectivity index (χ1) is 9.48. The molecule has 1 aromatic carbocycles. The average molecular weight is 274 g/mol. The summed E-state index contributed by atoms with van der Waals surface area (Å²) in [6, 6.07) is 6.66. The van der Waals surface area contributed by atoms with Crippen LogP contribution in [0.1, 0.15) is 24.5 Å². The molecule has 0 spiro atoms. The molecule has 1 aromatic rings. The SMILES string of the molecule is CN1CCc2cc(CN3CCC(C)(C(=O)O)C3)ccc21. The Hall–Kier alpha value is -1.55. The fraction of sp³-hybridized carbons (Fsp3) is 0.562. The van der Waals surface area contributed by atoms with E-state index in [0.717, 1.165) is 32.5 Å². The van der Waals surface area contributed by atoms with Gasteiger partial charge in [0.05, 0.1) is 5.41 Å². The van der Waals surface area contributed by atoms with Crippen molar-refractivity contribution in [2.75, 3.05) is 31.6 Å². The first-order valence-electron chi connectivity index (χ1n) is 7.27. The van der Waals surface area contributed by atoms with Gasteiger partial charge in [-0.25, -0.2) is 0 Å². The van der Waals surface area contributed by atoms with Gasteiger partial charge in [0, 0.05) is 32.4 Å². The maximum absolute atomic E-state index is 11.3. The standard InChI is InChI=1S/C16H22N2O2/c1-16(15(19)20)6-8-18(11-16)10-12-3-4-14-13(9-12)5-7-17(14)2/h3-4,9H,5-8,10-11H2,1-2H3,(H,19,20). The van der Waals surface area contributed by atoms with E-state index in [-0.39, 0.29) is 0 Å². The molecule has 4 heteroatoms. The van der Waals surface area contributed by atoms with Crippen LogP contribution in [0.15, 0.2) is 18.2 Å². The van der Waals surface area contributed by atoms with Crippen molar-refractivity contribution in [2.24, 2.45) is 5.41 Å². The van der Waals surface area contributed by atoms with Crippen LogP contribution in [0.25, 0.3) is 0 Å². The molecule has 0 bridgehead atoms. The molecule has 1 N–H and O–H groups in total. The van der Waals surface area contributed by atoms with Gasteiger partial charge in [-0.2, -0.15) is 0 Å². The topological polar surface area (TPSA) is 43.8 Å². The molecule has 20 heavy (non-hydrogen) atoms. The summed E-state index contributed by atoms with van der Waals surface area (Å²) in [4.78, 5) is 15.8. The number of carboxylic acids is 1. The van der Waals surface area contributed by atoms with Crippen molar-refractivity contribution in [2.45, 2.75) is 26.3 Å². The van der Waals surface area contributed by atoms with E-state index in [1.165, 1.54) is 16.8 Å². The number of hydrogen-bond donors (Lipinski definition) is 1. The molecule has 0 aliphatic carbocycles. The molecule has 0 amide bonds. The van der Waals surface area contributed by atoms with Gasteiger partial charge < -0.3 is 10.0 Å².